The van der Waals surface area contributed by atoms with Crippen LogP contribution in [-0.4, -0.2) is 77.9 Å². The summed E-state index contributed by atoms with van der Waals surface area (Å²) < 4.78 is 28.7. The van der Waals surface area contributed by atoms with Gasteiger partial charge in [0.2, 0.25) is 0 Å². The molecule has 11 heteroatoms. The van der Waals surface area contributed by atoms with Gasteiger partial charge in [0.15, 0.2) is 0 Å². The van der Waals surface area contributed by atoms with Crippen LogP contribution in [-0.2, 0) is 39.2 Å². The van der Waals surface area contributed by atoms with Gasteiger partial charge in [0.05, 0.1) is 0 Å². The number of nitrogens with zero attached hydrogens (tertiary/aromatic N) is 4. The predicted octanol–water partition coefficient (Wildman–Crippen LogP) is 3.21. The van der Waals surface area contributed by atoms with Crippen molar-refractivity contribution in [3.63, 3.8) is 0 Å². The third-order valence-corrected chi connectivity index (χ3v) is 10.4. The molecule has 4 heterocycles. The van der Waals surface area contributed by atoms with Crippen LogP contribution < -0.4 is 0 Å². The second kappa shape index (κ2) is 11.8. The smallest absolute Gasteiger partial charge is 0.331 e. The number of carbonyl (C=O) groups is 2. The first-order valence-corrected chi connectivity index (χ1v) is 15.7. The molecule has 0 N–H and O–H groups in total. The van der Waals surface area contributed by atoms with Crippen LogP contribution in [0.15, 0.2) is 77.1 Å². The van der Waals surface area contributed by atoms with Gasteiger partial charge in [-0.3, -0.25) is 14.5 Å². The molecule has 0 radical (unpaired) electrons. The van der Waals surface area contributed by atoms with Gasteiger partial charge in [-0.05, 0) is 28.5 Å². The average molecular weight is 571 g/mol. The summed E-state index contributed by atoms with van der Waals surface area (Å²) >= 11 is 3.03. The van der Waals surface area contributed by atoms with E-state index in [-0.39, 0.29) is 18.7 Å². The van der Waals surface area contributed by atoms with Crippen LogP contribution >= 0.6 is 22.7 Å². The quantitative estimate of drug-likeness (QED) is 0.290. The van der Waals surface area contributed by atoms with Crippen molar-refractivity contribution in [2.75, 3.05) is 39.3 Å². The second-order valence-electron chi connectivity index (χ2n) is 9.26. The van der Waals surface area contributed by atoms with Gasteiger partial charge < -0.3 is 4.90 Å². The minimum atomic E-state index is -4.28. The highest BCUT2D eigenvalue weighted by atomic mass is 32.2. The predicted molar refractivity (Wildman–Crippen MR) is 150 cm³/mol. The van der Waals surface area contributed by atoms with Crippen LogP contribution in [0.4, 0.5) is 0 Å². The van der Waals surface area contributed by atoms with E-state index >= 15 is 0 Å². The third kappa shape index (κ3) is 6.01. The van der Waals surface area contributed by atoms with Crippen LogP contribution in [0.3, 0.4) is 0 Å². The van der Waals surface area contributed by atoms with Crippen LogP contribution in [0, 0.1) is 0 Å². The Morgan fingerprint density at radius 2 is 1.29 bits per heavy atom. The molecule has 2 aromatic heterocycles. The first-order chi connectivity index (χ1) is 18.4. The Labute approximate surface area is 231 Å². The maximum atomic E-state index is 13.5. The number of piperazine rings is 1. The van der Waals surface area contributed by atoms with E-state index in [1.165, 1.54) is 28.2 Å². The first kappa shape index (κ1) is 26.6. The highest BCUT2D eigenvalue weighted by Gasteiger charge is 2.46. The number of hydrogen-bond donors (Lipinski definition) is 0. The molecular formula is C27H30N4O4S3. The Kier molecular flexibility index (Phi) is 8.27. The molecule has 2 saturated heterocycles. The Bertz CT molecular complexity index is 1300. The zero-order valence-electron chi connectivity index (χ0n) is 20.9. The lowest BCUT2D eigenvalue weighted by molar-refractivity contribution is -0.132. The lowest BCUT2D eigenvalue weighted by Gasteiger charge is -2.37. The molecule has 8 nitrogen and oxygen atoms in total. The summed E-state index contributed by atoms with van der Waals surface area (Å²) in [5, 5.41) is 3.84. The molecule has 0 spiro atoms. The van der Waals surface area contributed by atoms with E-state index in [1.54, 1.807) is 6.20 Å². The minimum Gasteiger partial charge on any atom is -0.374 e. The van der Waals surface area contributed by atoms with E-state index in [1.807, 2.05) is 58.1 Å². The molecule has 0 unspecified atom stereocenters. The molecule has 2 amide bonds. The van der Waals surface area contributed by atoms with Crippen molar-refractivity contribution in [1.29, 1.82) is 0 Å². The Morgan fingerprint density at radius 3 is 1.79 bits per heavy atom. The minimum absolute atomic E-state index is 0.00729. The van der Waals surface area contributed by atoms with Crippen molar-refractivity contribution in [2.24, 2.45) is 0 Å². The fourth-order valence-electron chi connectivity index (χ4n) is 4.64. The zero-order valence-corrected chi connectivity index (χ0v) is 23.4. The van der Waals surface area contributed by atoms with Crippen LogP contribution in [0.5, 0.6) is 0 Å². The third-order valence-electron chi connectivity index (χ3n) is 6.72. The fraction of sp³-hybridized carbons (Fsp3) is 0.333. The monoisotopic (exact) mass is 570 g/mol. The highest BCUT2D eigenvalue weighted by Crippen LogP contribution is 2.26. The average Bonchev–Trinajstić information content (AvgIpc) is 3.63. The maximum absolute atomic E-state index is 13.5. The van der Waals surface area contributed by atoms with E-state index < -0.39 is 22.0 Å². The molecule has 0 saturated carbocycles. The number of hydrogen-bond acceptors (Lipinski definition) is 8. The first-order valence-electron chi connectivity index (χ1n) is 12.6. The number of rotatable bonds is 9. The van der Waals surface area contributed by atoms with Gasteiger partial charge in [-0.25, -0.2) is 8.61 Å². The van der Waals surface area contributed by atoms with E-state index in [2.05, 4.69) is 17.0 Å². The second-order valence-corrected chi connectivity index (χ2v) is 13.1. The van der Waals surface area contributed by atoms with Crippen LogP contribution in [0.1, 0.15) is 15.3 Å². The normalized spacial score (nSPS) is 18.3. The van der Waals surface area contributed by atoms with Gasteiger partial charge in [-0.15, -0.1) is 22.7 Å². The molecule has 2 fully saturated rings. The molecule has 2 aliphatic heterocycles. The summed E-state index contributed by atoms with van der Waals surface area (Å²) in [5.74, 6) is -1.49. The summed E-state index contributed by atoms with van der Waals surface area (Å²) in [7, 11) is -4.28. The highest BCUT2D eigenvalue weighted by molar-refractivity contribution is 7.88. The summed E-state index contributed by atoms with van der Waals surface area (Å²) in [6, 6.07) is 17.9. The van der Waals surface area contributed by atoms with Crippen LogP contribution in [0.2, 0.25) is 0 Å². The standard InChI is InChI=1S/C27H30N4O4S3/c32-26-25(21-29-16-14-28(15-17-29)20-22-6-2-1-3-7-22)27(33)31(13-11-24-9-5-19-37-24)38(34,35)30(26)12-10-23-8-4-18-36-23/h1-9,18-19,21H,10-17,20H2. The molecular weight excluding hydrogens is 541 g/mol. The summed E-state index contributed by atoms with van der Waals surface area (Å²) in [6.07, 6.45) is 2.39. The number of thiophene rings is 2. The number of amides is 2. The molecule has 0 aliphatic carbocycles. The molecule has 200 valence electrons. The van der Waals surface area contributed by atoms with Gasteiger partial charge in [-0.2, -0.15) is 8.42 Å². The van der Waals surface area contributed by atoms with Crippen molar-refractivity contribution in [1.82, 2.24) is 18.4 Å². The summed E-state index contributed by atoms with van der Waals surface area (Å²) in [4.78, 5) is 33.2. The van der Waals surface area contributed by atoms with Crippen LogP contribution in [0.25, 0.3) is 0 Å². The lowest BCUT2D eigenvalue weighted by atomic mass is 10.2. The maximum Gasteiger partial charge on any atom is 0.331 e. The molecule has 5 rings (SSSR count). The number of benzene rings is 1. The van der Waals surface area contributed by atoms with Crippen molar-refractivity contribution in [3.05, 3.63) is 92.4 Å². The van der Waals surface area contributed by atoms with Crippen molar-refractivity contribution in [3.8, 4) is 0 Å². The molecule has 38 heavy (non-hydrogen) atoms. The summed E-state index contributed by atoms with van der Waals surface area (Å²) in [6.45, 7) is 3.68. The fourth-order valence-corrected chi connectivity index (χ4v) is 7.53. The Hall–Kier alpha value is -2.99. The van der Waals surface area contributed by atoms with Gasteiger partial charge in [0.1, 0.15) is 5.57 Å². The summed E-state index contributed by atoms with van der Waals surface area (Å²) in [5.41, 5.74) is 1.15. The van der Waals surface area contributed by atoms with Gasteiger partial charge in [0.25, 0.3) is 11.8 Å². The van der Waals surface area contributed by atoms with E-state index in [9.17, 15) is 18.0 Å². The van der Waals surface area contributed by atoms with E-state index in [4.69, 9.17) is 0 Å². The van der Waals surface area contributed by atoms with Crippen molar-refractivity contribution >= 4 is 44.7 Å². The van der Waals surface area contributed by atoms with Crippen molar-refractivity contribution in [2.45, 2.75) is 19.4 Å². The number of carbonyl (C=O) groups excluding carboxylic acids is 2. The molecule has 1 aromatic carbocycles. The Morgan fingerprint density at radius 1 is 0.737 bits per heavy atom. The zero-order chi connectivity index (χ0) is 26.5. The van der Waals surface area contributed by atoms with E-state index in [0.717, 1.165) is 38.0 Å². The molecule has 2 aliphatic rings. The SMILES string of the molecule is O=C1C(=CN2CCN(Cc3ccccc3)CC2)C(=O)N(CCc2cccs2)S(=O)(=O)N1CCc1cccs1. The van der Waals surface area contributed by atoms with Crippen molar-refractivity contribution < 1.29 is 18.0 Å². The van der Waals surface area contributed by atoms with Gasteiger partial charge in [-0.1, -0.05) is 42.5 Å². The molecule has 0 bridgehead atoms. The molecule has 3 aromatic rings. The van der Waals surface area contributed by atoms with Gasteiger partial charge in [0, 0.05) is 74.6 Å². The van der Waals surface area contributed by atoms with Gasteiger partial charge >= 0.3 is 10.2 Å². The lowest BCUT2D eigenvalue weighted by Crippen LogP contribution is -2.57. The topological polar surface area (TPSA) is 81.2 Å². The largest absolute Gasteiger partial charge is 0.374 e. The molecule has 0 atom stereocenters. The Balaban J connectivity index is 1.33. The van der Waals surface area contributed by atoms with E-state index in [0.29, 0.717) is 25.9 Å².